The topological polar surface area (TPSA) is 90.9 Å². The fourth-order valence-electron chi connectivity index (χ4n) is 1.20. The van der Waals surface area contributed by atoms with E-state index in [1.54, 1.807) is 41.5 Å². The van der Waals surface area contributed by atoms with Gasteiger partial charge in [0.1, 0.15) is 17.2 Å². The van der Waals surface area contributed by atoms with E-state index >= 15 is 0 Å². The number of amides is 1. The van der Waals surface area contributed by atoms with Crippen LogP contribution in [0.2, 0.25) is 0 Å². The van der Waals surface area contributed by atoms with Crippen molar-refractivity contribution in [3.8, 4) is 0 Å². The Morgan fingerprint density at radius 1 is 1.04 bits per heavy atom. The molecule has 0 bridgehead atoms. The molecule has 0 aliphatic rings. The minimum atomic E-state index is -1.08. The van der Waals surface area contributed by atoms with Gasteiger partial charge in [0.15, 0.2) is 6.07 Å². The van der Waals surface area contributed by atoms with E-state index in [1.807, 2.05) is 0 Å². The predicted octanol–water partition coefficient (Wildman–Crippen LogP) is 3.29. The van der Waals surface area contributed by atoms with Crippen LogP contribution in [0.4, 0.5) is 9.59 Å². The number of thioether (sulfide) groups is 1. The lowest BCUT2D eigenvalue weighted by atomic mass is 10.2. The molecule has 7 nitrogen and oxygen atoms in total. The molecule has 0 aliphatic carbocycles. The summed E-state index contributed by atoms with van der Waals surface area (Å²) in [6.45, 7) is 10.2. The largest absolute Gasteiger partial charge is 0.452 e. The molecule has 0 saturated heterocycles. The molecule has 0 heterocycles. The van der Waals surface area contributed by atoms with Gasteiger partial charge in [0.2, 0.25) is 0 Å². The first-order chi connectivity index (χ1) is 10.3. The van der Waals surface area contributed by atoms with Crippen molar-refractivity contribution < 1.29 is 28.6 Å². The lowest BCUT2D eigenvalue weighted by molar-refractivity contribution is -0.143. The van der Waals surface area contributed by atoms with Gasteiger partial charge >= 0.3 is 17.4 Å². The van der Waals surface area contributed by atoms with E-state index in [2.05, 4.69) is 10.1 Å². The van der Waals surface area contributed by atoms with Crippen LogP contribution in [-0.4, -0.2) is 46.4 Å². The van der Waals surface area contributed by atoms with E-state index in [0.29, 0.717) is 0 Å². The zero-order valence-corrected chi connectivity index (χ0v) is 15.8. The van der Waals surface area contributed by atoms with E-state index < -0.39 is 34.6 Å². The van der Waals surface area contributed by atoms with Crippen LogP contribution in [0.25, 0.3) is 0 Å². The van der Waals surface area contributed by atoms with Gasteiger partial charge in [-0.25, -0.2) is 14.4 Å². The number of hydrogen-bond donors (Lipinski definition) is 1. The van der Waals surface area contributed by atoms with Gasteiger partial charge < -0.3 is 19.5 Å². The van der Waals surface area contributed by atoms with Crippen molar-refractivity contribution in [3.63, 3.8) is 0 Å². The molecule has 9 heteroatoms. The second kappa shape index (κ2) is 9.22. The average Bonchev–Trinajstić information content (AvgIpc) is 2.30. The van der Waals surface area contributed by atoms with Crippen molar-refractivity contribution in [1.82, 2.24) is 5.32 Å². The third-order valence-corrected chi connectivity index (χ3v) is 2.86. The van der Waals surface area contributed by atoms with Gasteiger partial charge in [0, 0.05) is 5.75 Å². The molecule has 0 aromatic carbocycles. The number of alkyl halides is 1. The molecule has 1 atom stereocenters. The minimum absolute atomic E-state index is 0.0656. The molecule has 0 aromatic rings. The summed E-state index contributed by atoms with van der Waals surface area (Å²) in [6, 6.07) is -1.44. The number of nitrogens with one attached hydrogen (secondary N) is 1. The third-order valence-electron chi connectivity index (χ3n) is 1.93. The van der Waals surface area contributed by atoms with Crippen LogP contribution in [0.3, 0.4) is 0 Å². The van der Waals surface area contributed by atoms with Gasteiger partial charge in [-0.05, 0) is 53.3 Å². The van der Waals surface area contributed by atoms with E-state index in [-0.39, 0.29) is 11.8 Å². The van der Waals surface area contributed by atoms with Gasteiger partial charge in [-0.1, -0.05) is 11.6 Å². The van der Waals surface area contributed by atoms with Crippen LogP contribution in [-0.2, 0) is 19.0 Å². The molecule has 0 fully saturated rings. The van der Waals surface area contributed by atoms with E-state index in [4.69, 9.17) is 21.1 Å². The zero-order valence-electron chi connectivity index (χ0n) is 14.2. The van der Waals surface area contributed by atoms with Crippen molar-refractivity contribution in [2.45, 2.75) is 58.8 Å². The fourth-order valence-corrected chi connectivity index (χ4v) is 2.14. The summed E-state index contributed by atoms with van der Waals surface area (Å²) in [7, 11) is 0. The number of carbonyl (C=O) groups is 3. The van der Waals surface area contributed by atoms with Gasteiger partial charge in [-0.15, -0.1) is 0 Å². The molecular formula is C14H24ClNO6S. The number of halogens is 1. The van der Waals surface area contributed by atoms with Crippen LogP contribution in [0, 0.1) is 0 Å². The van der Waals surface area contributed by atoms with Crippen LogP contribution in [0.1, 0.15) is 41.5 Å². The van der Waals surface area contributed by atoms with Crippen LogP contribution in [0.15, 0.2) is 0 Å². The Morgan fingerprint density at radius 2 is 1.57 bits per heavy atom. The Hall–Kier alpha value is -1.15. The molecule has 1 N–H and O–H groups in total. The summed E-state index contributed by atoms with van der Waals surface area (Å²) in [5.41, 5.74) is -1.36. The molecule has 0 radical (unpaired) electrons. The molecule has 0 spiro atoms. The number of ether oxygens (including phenoxy) is 3. The maximum Gasteiger partial charge on any atom is 0.408 e. The Bertz CT molecular complexity index is 430. The first kappa shape index (κ1) is 21.9. The van der Waals surface area contributed by atoms with E-state index in [0.717, 1.165) is 11.8 Å². The van der Waals surface area contributed by atoms with Crippen LogP contribution < -0.4 is 5.32 Å². The van der Waals surface area contributed by atoms with E-state index in [9.17, 15) is 14.4 Å². The second-order valence-electron chi connectivity index (χ2n) is 6.55. The van der Waals surface area contributed by atoms with Gasteiger partial charge in [0.05, 0.1) is 0 Å². The standard InChI is InChI=1S/C14H24ClNO6S/c1-13(2,3)21-11(18)16-9(10(17)20-8-15)7-23-12(19)22-14(4,5)6/h9H,7-8H2,1-6H3,(H,16,18)/t9-/m0/s1. The lowest BCUT2D eigenvalue weighted by Gasteiger charge is -2.23. The number of rotatable bonds is 5. The third kappa shape index (κ3) is 12.0. The smallest absolute Gasteiger partial charge is 0.408 e. The van der Waals surface area contributed by atoms with Gasteiger partial charge in [-0.2, -0.15) is 0 Å². The molecule has 0 aliphatic heterocycles. The van der Waals surface area contributed by atoms with Crippen molar-refractivity contribution in [3.05, 3.63) is 0 Å². The normalized spacial score (nSPS) is 13.0. The fraction of sp³-hybridized carbons (Fsp3) is 0.786. The van der Waals surface area contributed by atoms with E-state index in [1.165, 1.54) is 0 Å². The number of alkyl carbamates (subject to hydrolysis) is 1. The maximum atomic E-state index is 11.8. The summed E-state index contributed by atoms with van der Waals surface area (Å²) < 4.78 is 14.8. The predicted molar refractivity (Wildman–Crippen MR) is 88.7 cm³/mol. The summed E-state index contributed by atoms with van der Waals surface area (Å²) in [5, 5.41) is 1.79. The number of carbonyl (C=O) groups excluding carboxylic acids is 3. The van der Waals surface area contributed by atoms with Crippen molar-refractivity contribution in [2.75, 3.05) is 11.8 Å². The summed E-state index contributed by atoms with van der Waals surface area (Å²) in [5.74, 6) is -0.828. The second-order valence-corrected chi connectivity index (χ2v) is 7.72. The SMILES string of the molecule is CC(C)(C)OC(=O)N[C@@H](CSC(=O)OC(C)(C)C)C(=O)OCCl. The summed E-state index contributed by atoms with van der Waals surface area (Å²) in [4.78, 5) is 35.2. The first-order valence-electron chi connectivity index (χ1n) is 6.92. The molecule has 23 heavy (non-hydrogen) atoms. The maximum absolute atomic E-state index is 11.8. The summed E-state index contributed by atoms with van der Waals surface area (Å²) >= 11 is 6.10. The highest BCUT2D eigenvalue weighted by Crippen LogP contribution is 2.16. The Balaban J connectivity index is 4.67. The molecule has 1 amide bonds. The zero-order chi connectivity index (χ0) is 18.3. The monoisotopic (exact) mass is 369 g/mol. The lowest BCUT2D eigenvalue weighted by Crippen LogP contribution is -2.46. The molecule has 0 unspecified atom stereocenters. The van der Waals surface area contributed by atoms with Crippen molar-refractivity contribution in [2.24, 2.45) is 0 Å². The molecular weight excluding hydrogens is 346 g/mol. The molecule has 0 aromatic heterocycles. The Kier molecular flexibility index (Phi) is 8.76. The first-order valence-corrected chi connectivity index (χ1v) is 8.44. The quantitative estimate of drug-likeness (QED) is 0.451. The summed E-state index contributed by atoms with van der Waals surface area (Å²) in [6.07, 6.45) is -0.793. The Labute approximate surface area is 145 Å². The highest BCUT2D eigenvalue weighted by molar-refractivity contribution is 8.13. The van der Waals surface area contributed by atoms with Crippen molar-refractivity contribution >= 4 is 40.7 Å². The molecule has 134 valence electrons. The molecule has 0 saturated carbocycles. The highest BCUT2D eigenvalue weighted by atomic mass is 35.5. The van der Waals surface area contributed by atoms with Gasteiger partial charge in [0.25, 0.3) is 0 Å². The van der Waals surface area contributed by atoms with Gasteiger partial charge in [-0.3, -0.25) is 0 Å². The Morgan fingerprint density at radius 3 is 2.00 bits per heavy atom. The number of esters is 1. The van der Waals surface area contributed by atoms with Crippen LogP contribution >= 0.6 is 23.4 Å². The number of hydrogen-bond acceptors (Lipinski definition) is 7. The molecule has 0 rings (SSSR count). The minimum Gasteiger partial charge on any atom is -0.452 e. The average molecular weight is 370 g/mol. The van der Waals surface area contributed by atoms with Crippen molar-refractivity contribution in [1.29, 1.82) is 0 Å². The van der Waals surface area contributed by atoms with Crippen LogP contribution in [0.5, 0.6) is 0 Å². The highest BCUT2D eigenvalue weighted by Gasteiger charge is 2.27.